The van der Waals surface area contributed by atoms with E-state index in [0.29, 0.717) is 24.1 Å². The van der Waals surface area contributed by atoms with Gasteiger partial charge in [-0.15, -0.1) is 0 Å². The number of aromatic nitrogens is 1. The van der Waals surface area contributed by atoms with E-state index in [0.717, 1.165) is 74.7 Å². The zero-order chi connectivity index (χ0) is 25.9. The molecule has 8 nitrogen and oxygen atoms in total. The molecule has 2 fully saturated rings. The van der Waals surface area contributed by atoms with E-state index in [1.54, 1.807) is 0 Å². The zero-order valence-corrected chi connectivity index (χ0v) is 22.3. The molecule has 4 heterocycles. The lowest BCUT2D eigenvalue weighted by Crippen LogP contribution is -2.55. The van der Waals surface area contributed by atoms with Crippen LogP contribution in [0.15, 0.2) is 36.5 Å². The van der Waals surface area contributed by atoms with Gasteiger partial charge in [-0.3, -0.25) is 9.69 Å². The number of rotatable bonds is 8. The molecule has 2 aromatic rings. The first-order chi connectivity index (χ1) is 18.0. The molecule has 3 aliphatic heterocycles. The van der Waals surface area contributed by atoms with Gasteiger partial charge in [0.2, 0.25) is 5.91 Å². The number of carbonyl (C=O) groups is 2. The topological polar surface area (TPSA) is 78.0 Å². The Morgan fingerprint density at radius 2 is 2.00 bits per heavy atom. The Balaban J connectivity index is 1.31. The number of hydrogen-bond donors (Lipinski definition) is 1. The van der Waals surface area contributed by atoms with Crippen LogP contribution in [0, 0.1) is 5.92 Å². The number of benzene rings is 1. The maximum Gasteiger partial charge on any atom is 0.338 e. The van der Waals surface area contributed by atoms with Crippen molar-refractivity contribution >= 4 is 29.1 Å². The summed E-state index contributed by atoms with van der Waals surface area (Å²) in [5.74, 6) is 1.28. The summed E-state index contributed by atoms with van der Waals surface area (Å²) in [6, 6.07) is 10.2. The molecule has 0 spiro atoms. The van der Waals surface area contributed by atoms with Gasteiger partial charge in [0.15, 0.2) is 5.82 Å². The predicted molar refractivity (Wildman–Crippen MR) is 146 cm³/mol. The Hall–Kier alpha value is -3.13. The van der Waals surface area contributed by atoms with Crippen molar-refractivity contribution in [1.29, 1.82) is 0 Å². The lowest BCUT2D eigenvalue weighted by Gasteiger charge is -2.45. The van der Waals surface area contributed by atoms with Crippen LogP contribution >= 0.6 is 0 Å². The minimum atomic E-state index is -0.275. The number of piperazine rings is 1. The predicted octanol–water partition coefficient (Wildman–Crippen LogP) is 4.31. The third-order valence-corrected chi connectivity index (χ3v) is 8.07. The number of hydrogen-bond acceptors (Lipinski definition) is 7. The van der Waals surface area contributed by atoms with Gasteiger partial charge in [0.1, 0.15) is 6.04 Å². The molecule has 3 atom stereocenters. The van der Waals surface area contributed by atoms with Gasteiger partial charge in [-0.05, 0) is 68.0 Å². The van der Waals surface area contributed by atoms with Gasteiger partial charge in [-0.1, -0.05) is 20.3 Å². The van der Waals surface area contributed by atoms with Gasteiger partial charge in [-0.2, -0.15) is 0 Å². The smallest absolute Gasteiger partial charge is 0.338 e. The first kappa shape index (κ1) is 25.5. The van der Waals surface area contributed by atoms with Gasteiger partial charge >= 0.3 is 5.97 Å². The Kier molecular flexibility index (Phi) is 7.65. The first-order valence-electron chi connectivity index (χ1n) is 13.8. The number of nitrogens with one attached hydrogen (secondary N) is 1. The molecular formula is C29H39N5O3. The Labute approximate surface area is 220 Å². The molecule has 2 saturated heterocycles. The maximum absolute atomic E-state index is 12.6. The van der Waals surface area contributed by atoms with Crippen molar-refractivity contribution < 1.29 is 14.3 Å². The van der Waals surface area contributed by atoms with Crippen LogP contribution in [-0.4, -0.2) is 66.6 Å². The van der Waals surface area contributed by atoms with Crippen LogP contribution in [0.4, 0.5) is 17.2 Å². The minimum Gasteiger partial charge on any atom is -0.462 e. The molecule has 3 unspecified atom stereocenters. The van der Waals surface area contributed by atoms with E-state index >= 15 is 0 Å². The van der Waals surface area contributed by atoms with E-state index in [4.69, 9.17) is 9.72 Å². The SMILES string of the molecule is CCCC(C)C1CN(c2ccc(C(=O)OCC)cc2)CCN1Cc1cnc2c(c1)NC(=O)C1CCCN21. The molecule has 1 N–H and O–H groups in total. The first-order valence-corrected chi connectivity index (χ1v) is 13.8. The second-order valence-corrected chi connectivity index (χ2v) is 10.6. The number of ether oxygens (including phenoxy) is 1. The summed E-state index contributed by atoms with van der Waals surface area (Å²) in [5.41, 5.74) is 3.71. The summed E-state index contributed by atoms with van der Waals surface area (Å²) in [6.07, 6.45) is 6.26. The highest BCUT2D eigenvalue weighted by Gasteiger charge is 2.37. The van der Waals surface area contributed by atoms with E-state index in [-0.39, 0.29) is 17.9 Å². The molecular weight excluding hydrogens is 466 g/mol. The summed E-state index contributed by atoms with van der Waals surface area (Å²) in [7, 11) is 0. The van der Waals surface area contributed by atoms with Crippen molar-refractivity contribution in [2.24, 2.45) is 5.92 Å². The third kappa shape index (κ3) is 5.30. The molecule has 198 valence electrons. The summed E-state index contributed by atoms with van der Waals surface area (Å²) >= 11 is 0. The van der Waals surface area contributed by atoms with Crippen LogP contribution in [0.2, 0.25) is 0 Å². The van der Waals surface area contributed by atoms with Crippen LogP contribution < -0.4 is 15.1 Å². The molecule has 1 aromatic heterocycles. The Bertz CT molecular complexity index is 1120. The quantitative estimate of drug-likeness (QED) is 0.536. The highest BCUT2D eigenvalue weighted by atomic mass is 16.5. The molecule has 8 heteroatoms. The minimum absolute atomic E-state index is 0.0652. The zero-order valence-electron chi connectivity index (χ0n) is 22.3. The van der Waals surface area contributed by atoms with E-state index in [2.05, 4.69) is 39.9 Å². The number of carbonyl (C=O) groups excluding carboxylic acids is 2. The second-order valence-electron chi connectivity index (χ2n) is 10.6. The molecule has 0 saturated carbocycles. The fourth-order valence-electron chi connectivity index (χ4n) is 6.14. The largest absolute Gasteiger partial charge is 0.462 e. The van der Waals surface area contributed by atoms with Gasteiger partial charge in [0.05, 0.1) is 17.9 Å². The Morgan fingerprint density at radius 3 is 2.76 bits per heavy atom. The summed E-state index contributed by atoms with van der Waals surface area (Å²) in [4.78, 5) is 36.6. The fourth-order valence-corrected chi connectivity index (χ4v) is 6.14. The van der Waals surface area contributed by atoms with Crippen molar-refractivity contribution in [1.82, 2.24) is 9.88 Å². The average Bonchev–Trinajstić information content (AvgIpc) is 3.40. The molecule has 37 heavy (non-hydrogen) atoms. The number of esters is 1. The normalized spacial score (nSPS) is 22.3. The van der Waals surface area contributed by atoms with Crippen molar-refractivity contribution in [2.45, 2.75) is 65.1 Å². The highest BCUT2D eigenvalue weighted by molar-refractivity contribution is 6.03. The molecule has 0 aliphatic carbocycles. The van der Waals surface area contributed by atoms with E-state index < -0.39 is 0 Å². The number of fused-ring (bicyclic) bond motifs is 3. The van der Waals surface area contributed by atoms with Gasteiger partial charge in [0, 0.05) is 50.6 Å². The molecule has 1 aromatic carbocycles. The van der Waals surface area contributed by atoms with Crippen LogP contribution in [0.25, 0.3) is 0 Å². The lowest BCUT2D eigenvalue weighted by molar-refractivity contribution is -0.117. The average molecular weight is 506 g/mol. The molecule has 0 radical (unpaired) electrons. The van der Waals surface area contributed by atoms with Crippen LogP contribution in [-0.2, 0) is 16.1 Å². The molecule has 1 amide bonds. The van der Waals surface area contributed by atoms with E-state index in [1.807, 2.05) is 37.4 Å². The van der Waals surface area contributed by atoms with Gasteiger partial charge < -0.3 is 19.9 Å². The van der Waals surface area contributed by atoms with Gasteiger partial charge in [-0.25, -0.2) is 9.78 Å². The van der Waals surface area contributed by atoms with Crippen LogP contribution in [0.1, 0.15) is 62.4 Å². The lowest BCUT2D eigenvalue weighted by atomic mass is 9.92. The fraction of sp³-hybridized carbons (Fsp3) is 0.552. The summed E-state index contributed by atoms with van der Waals surface area (Å²) < 4.78 is 5.13. The Morgan fingerprint density at radius 1 is 1.19 bits per heavy atom. The second kappa shape index (κ2) is 11.1. The highest BCUT2D eigenvalue weighted by Crippen LogP contribution is 2.36. The van der Waals surface area contributed by atoms with Crippen LogP contribution in [0.5, 0.6) is 0 Å². The van der Waals surface area contributed by atoms with E-state index in [9.17, 15) is 9.59 Å². The summed E-state index contributed by atoms with van der Waals surface area (Å²) in [5, 5.41) is 3.11. The number of pyridine rings is 1. The van der Waals surface area contributed by atoms with Crippen LogP contribution in [0.3, 0.4) is 0 Å². The summed E-state index contributed by atoms with van der Waals surface area (Å²) in [6.45, 7) is 11.3. The van der Waals surface area contributed by atoms with E-state index in [1.165, 1.54) is 6.42 Å². The third-order valence-electron chi connectivity index (χ3n) is 8.07. The van der Waals surface area contributed by atoms with Crippen molar-refractivity contribution in [3.63, 3.8) is 0 Å². The van der Waals surface area contributed by atoms with Gasteiger partial charge in [0.25, 0.3) is 0 Å². The number of amides is 1. The number of nitrogens with zero attached hydrogens (tertiary/aromatic N) is 4. The molecule has 0 bridgehead atoms. The monoisotopic (exact) mass is 505 g/mol. The van der Waals surface area contributed by atoms with Crippen molar-refractivity contribution in [3.05, 3.63) is 47.7 Å². The maximum atomic E-state index is 12.6. The standard InChI is InChI=1S/C29H39N5O3/c1-4-7-20(3)26-19-32(23-11-9-22(10-12-23)29(36)37-5-2)14-15-33(26)18-21-16-24-27(30-17-21)34-13-6-8-25(34)28(35)31-24/h9-12,16-17,20,25-26H,4-8,13-15,18-19H2,1-3H3,(H,31,35). The van der Waals surface area contributed by atoms with Crippen molar-refractivity contribution in [3.8, 4) is 0 Å². The van der Waals surface area contributed by atoms with Crippen molar-refractivity contribution in [2.75, 3.05) is 47.9 Å². The number of anilines is 3. The molecule has 3 aliphatic rings. The molecule has 5 rings (SSSR count).